The van der Waals surface area contributed by atoms with Crippen LogP contribution >= 0.6 is 0 Å². The van der Waals surface area contributed by atoms with Crippen LogP contribution in [0.15, 0.2) is 54.8 Å². The zero-order valence-electron chi connectivity index (χ0n) is 29.2. The fraction of sp³-hybridized carbons (Fsp3) is 0.647. The molecule has 0 bridgehead atoms. The molecule has 2 atom stereocenters. The van der Waals surface area contributed by atoms with E-state index < -0.39 is 11.9 Å². The Kier molecular flexibility index (Phi) is 15.4. The molecular weight excluding hydrogens is 587 g/mol. The molecule has 2 rings (SSSR count). The number of hydrogen-bond donors (Lipinski definition) is 0. The molecule has 0 aliphatic heterocycles. The summed E-state index contributed by atoms with van der Waals surface area (Å²) in [6.45, 7) is 32.1. The van der Waals surface area contributed by atoms with Crippen LogP contribution in [0, 0.1) is 11.8 Å². The van der Waals surface area contributed by atoms with E-state index in [0.29, 0.717) is 0 Å². The average Bonchev–Trinajstić information content (AvgIpc) is 3.17. The molecule has 1 radical (unpaired) electrons. The van der Waals surface area contributed by atoms with Gasteiger partial charge in [0.1, 0.15) is 11.9 Å². The molecule has 0 saturated heterocycles. The van der Waals surface area contributed by atoms with Gasteiger partial charge in [-0.3, -0.25) is 9.98 Å². The summed E-state index contributed by atoms with van der Waals surface area (Å²) in [5.74, 6) is -1.97. The Balaban J connectivity index is 0.000000802. The van der Waals surface area contributed by atoms with Crippen molar-refractivity contribution in [3.8, 4) is 0 Å². The maximum Gasteiger partial charge on any atom is 2.00 e. The summed E-state index contributed by atoms with van der Waals surface area (Å²) in [6, 6.07) is -0.170. The van der Waals surface area contributed by atoms with Crippen molar-refractivity contribution in [3.05, 3.63) is 44.8 Å². The zero-order valence-corrected chi connectivity index (χ0v) is 30.3. The Morgan fingerprint density at radius 1 is 0.581 bits per heavy atom. The van der Waals surface area contributed by atoms with Crippen LogP contribution in [-0.2, 0) is 26.4 Å². The summed E-state index contributed by atoms with van der Waals surface area (Å²) in [4.78, 5) is 35.4. The molecule has 0 N–H and O–H groups in total. The van der Waals surface area contributed by atoms with Crippen molar-refractivity contribution in [2.75, 3.05) is 0 Å². The SMILES string of the molecule is CC1=C(C)C(C)C(N(C(=NC(C)C)C(=O)[O-])C(C)C)=C1C.CC1=C(C)C(C)C(N(C(=NC(C)C)C(=O)[O-])C(C)C)=C1C.[Co+2]. The van der Waals surface area contributed by atoms with E-state index in [-0.39, 0.29) is 64.5 Å². The van der Waals surface area contributed by atoms with Crippen LogP contribution in [0.1, 0.15) is 111 Å². The summed E-state index contributed by atoms with van der Waals surface area (Å²) in [5.41, 5.74) is 9.41. The average molecular weight is 642 g/mol. The first-order valence-electron chi connectivity index (χ1n) is 15.1. The van der Waals surface area contributed by atoms with Crippen molar-refractivity contribution in [2.45, 2.75) is 135 Å². The van der Waals surface area contributed by atoms with Crippen molar-refractivity contribution in [3.63, 3.8) is 0 Å². The Hall–Kier alpha value is -2.65. The van der Waals surface area contributed by atoms with Crippen LogP contribution in [0.2, 0.25) is 0 Å². The molecular formula is C34H54CoN4O4. The quantitative estimate of drug-likeness (QED) is 0.297. The van der Waals surface area contributed by atoms with Gasteiger partial charge in [0.05, 0.1) is 0 Å². The van der Waals surface area contributed by atoms with E-state index in [0.717, 1.165) is 22.5 Å². The third-order valence-corrected chi connectivity index (χ3v) is 8.33. The summed E-state index contributed by atoms with van der Waals surface area (Å²) >= 11 is 0. The molecule has 0 aromatic carbocycles. The third kappa shape index (κ3) is 9.17. The first-order chi connectivity index (χ1) is 19.2. The van der Waals surface area contributed by atoms with Crippen LogP contribution in [0.3, 0.4) is 0 Å². The van der Waals surface area contributed by atoms with E-state index in [2.05, 4.69) is 65.4 Å². The summed E-state index contributed by atoms with van der Waals surface area (Å²) < 4.78 is 0. The number of carboxylic acid groups (broad SMARTS) is 2. The number of aliphatic imine (C=N–C) groups is 2. The van der Waals surface area contributed by atoms with E-state index in [1.165, 1.54) is 22.3 Å². The van der Waals surface area contributed by atoms with Gasteiger partial charge in [0.2, 0.25) is 0 Å². The number of nitrogens with zero attached hydrogens (tertiary/aromatic N) is 4. The molecule has 0 aromatic rings. The van der Waals surface area contributed by atoms with Crippen molar-refractivity contribution in [2.24, 2.45) is 21.8 Å². The van der Waals surface area contributed by atoms with Crippen LogP contribution in [0.4, 0.5) is 0 Å². The molecule has 0 saturated carbocycles. The van der Waals surface area contributed by atoms with Gasteiger partial charge in [-0.15, -0.1) is 0 Å². The number of amidine groups is 2. The third-order valence-electron chi connectivity index (χ3n) is 8.33. The van der Waals surface area contributed by atoms with E-state index in [1.54, 1.807) is 0 Å². The van der Waals surface area contributed by atoms with Crippen LogP contribution in [0.5, 0.6) is 0 Å². The van der Waals surface area contributed by atoms with E-state index in [4.69, 9.17) is 0 Å². The summed E-state index contributed by atoms with van der Waals surface area (Å²) in [7, 11) is 0. The fourth-order valence-electron chi connectivity index (χ4n) is 5.65. The molecule has 0 amide bonds. The maximum atomic E-state index is 11.6. The van der Waals surface area contributed by atoms with Gasteiger partial charge in [-0.25, -0.2) is 0 Å². The molecule has 0 aromatic heterocycles. The second kappa shape index (κ2) is 16.4. The Labute approximate surface area is 271 Å². The van der Waals surface area contributed by atoms with E-state index in [9.17, 15) is 19.8 Å². The number of hydrogen-bond acceptors (Lipinski definition) is 6. The van der Waals surface area contributed by atoms with Crippen molar-refractivity contribution >= 4 is 23.6 Å². The van der Waals surface area contributed by atoms with Crippen molar-refractivity contribution < 1.29 is 36.6 Å². The van der Waals surface area contributed by atoms with Gasteiger partial charge in [0.25, 0.3) is 0 Å². The van der Waals surface area contributed by atoms with Gasteiger partial charge in [-0.2, -0.15) is 0 Å². The van der Waals surface area contributed by atoms with Crippen LogP contribution in [0.25, 0.3) is 0 Å². The minimum atomic E-state index is -1.22. The number of rotatable bonds is 6. The first-order valence-corrected chi connectivity index (χ1v) is 15.1. The molecule has 43 heavy (non-hydrogen) atoms. The monoisotopic (exact) mass is 641 g/mol. The van der Waals surface area contributed by atoms with E-state index in [1.807, 2.05) is 65.2 Å². The Bertz CT molecular complexity index is 1150. The normalized spacial score (nSPS) is 19.6. The van der Waals surface area contributed by atoms with E-state index >= 15 is 0 Å². The smallest absolute Gasteiger partial charge is 0.542 e. The van der Waals surface area contributed by atoms with Gasteiger partial charge in [-0.05, 0) is 119 Å². The summed E-state index contributed by atoms with van der Waals surface area (Å²) in [6.07, 6.45) is 0. The summed E-state index contributed by atoms with van der Waals surface area (Å²) in [5, 5.41) is 23.2. The molecule has 0 heterocycles. The van der Waals surface area contributed by atoms with Gasteiger partial charge in [0, 0.05) is 47.4 Å². The number of aliphatic carboxylic acids is 2. The predicted octanol–water partition coefficient (Wildman–Crippen LogP) is 5.02. The second-order valence-electron chi connectivity index (χ2n) is 12.7. The minimum absolute atomic E-state index is 0. The molecule has 2 aliphatic carbocycles. The second-order valence-corrected chi connectivity index (χ2v) is 12.7. The zero-order chi connectivity index (χ0) is 33.0. The van der Waals surface area contributed by atoms with Gasteiger partial charge in [-0.1, -0.05) is 25.0 Å². The first kappa shape index (κ1) is 40.3. The topological polar surface area (TPSA) is 111 Å². The number of carbonyl (C=O) groups is 2. The molecule has 2 aliphatic rings. The standard InChI is InChI=1S/2C17H28N2O2.Co/c2*1-9(2)18-16(17(20)21)19(10(3)4)15-13(7)11(5)12(6)14(15)8;/h2*9-10,13H,1-8H3,(H,20,21);/q;;+2/p-2. The Morgan fingerprint density at radius 3 is 0.977 bits per heavy atom. The van der Waals surface area contributed by atoms with Crippen molar-refractivity contribution in [1.29, 1.82) is 0 Å². The minimum Gasteiger partial charge on any atom is -0.542 e. The fourth-order valence-corrected chi connectivity index (χ4v) is 5.65. The van der Waals surface area contributed by atoms with Crippen LogP contribution < -0.4 is 10.2 Å². The number of carbonyl (C=O) groups excluding carboxylic acids is 2. The van der Waals surface area contributed by atoms with Gasteiger partial charge >= 0.3 is 16.8 Å². The van der Waals surface area contributed by atoms with Crippen LogP contribution in [-0.4, -0.2) is 57.6 Å². The molecule has 2 unspecified atom stereocenters. The van der Waals surface area contributed by atoms with Gasteiger partial charge < -0.3 is 29.6 Å². The molecule has 9 heteroatoms. The number of carboxylic acids is 2. The number of allylic oxidation sites excluding steroid dienone is 6. The maximum absolute atomic E-state index is 11.6. The molecule has 0 fully saturated rings. The Morgan fingerprint density at radius 2 is 0.837 bits per heavy atom. The molecule has 0 spiro atoms. The predicted molar refractivity (Wildman–Crippen MR) is 170 cm³/mol. The van der Waals surface area contributed by atoms with Crippen molar-refractivity contribution in [1.82, 2.24) is 9.80 Å². The molecule has 8 nitrogen and oxygen atoms in total. The molecule has 243 valence electrons. The van der Waals surface area contributed by atoms with Gasteiger partial charge in [0.15, 0.2) is 11.7 Å². The largest absolute Gasteiger partial charge is 2.00 e.